The highest BCUT2D eigenvalue weighted by molar-refractivity contribution is 5.68. The van der Waals surface area contributed by atoms with Gasteiger partial charge in [0.1, 0.15) is 6.33 Å². The van der Waals surface area contributed by atoms with Crippen LogP contribution in [0.15, 0.2) is 36.9 Å². The molecule has 2 heterocycles. The lowest BCUT2D eigenvalue weighted by molar-refractivity contribution is 0.0486. The first-order chi connectivity index (χ1) is 8.90. The summed E-state index contributed by atoms with van der Waals surface area (Å²) in [5, 5.41) is 0. The van der Waals surface area contributed by atoms with E-state index in [9.17, 15) is 0 Å². The van der Waals surface area contributed by atoms with Gasteiger partial charge in [0.15, 0.2) is 0 Å². The zero-order valence-corrected chi connectivity index (χ0v) is 10.0. The Labute approximate surface area is 106 Å². The molecule has 2 N–H and O–H groups in total. The number of nitrogens with zero attached hydrogens (tertiary/aromatic N) is 2. The van der Waals surface area contributed by atoms with Crippen LogP contribution in [0.2, 0.25) is 0 Å². The van der Waals surface area contributed by atoms with E-state index >= 15 is 0 Å². The zero-order valence-electron chi connectivity index (χ0n) is 10.0. The molecule has 0 fully saturated rings. The Kier molecular flexibility index (Phi) is 3.04. The molecule has 0 saturated carbocycles. The van der Waals surface area contributed by atoms with Crippen LogP contribution >= 0.6 is 0 Å². The first-order valence-corrected chi connectivity index (χ1v) is 6.09. The summed E-state index contributed by atoms with van der Waals surface area (Å²) in [6.45, 7) is 1.24. The van der Waals surface area contributed by atoms with Gasteiger partial charge in [0, 0.05) is 24.5 Å². The summed E-state index contributed by atoms with van der Waals surface area (Å²) in [5.74, 6) is 0. The van der Waals surface area contributed by atoms with E-state index in [1.165, 1.54) is 16.7 Å². The fourth-order valence-corrected chi connectivity index (χ4v) is 2.48. The third-order valence-corrected chi connectivity index (χ3v) is 3.32. The number of benzene rings is 1. The number of hydrogen-bond acceptors (Lipinski definition) is 4. The Bertz CT molecular complexity index is 542. The molecule has 18 heavy (non-hydrogen) atoms. The van der Waals surface area contributed by atoms with Crippen LogP contribution in [0.4, 0.5) is 0 Å². The minimum Gasteiger partial charge on any atom is -0.372 e. The van der Waals surface area contributed by atoms with Crippen molar-refractivity contribution in [2.24, 2.45) is 5.73 Å². The largest absolute Gasteiger partial charge is 0.372 e. The van der Waals surface area contributed by atoms with E-state index in [-0.39, 0.29) is 6.10 Å². The second kappa shape index (κ2) is 4.84. The highest BCUT2D eigenvalue weighted by Crippen LogP contribution is 2.33. The molecule has 1 aliphatic rings. The summed E-state index contributed by atoms with van der Waals surface area (Å²) in [6, 6.07) is 6.24. The molecule has 2 aromatic rings. The SMILES string of the molecule is NCC1OCCc2c(-c3cncnc3)cccc21. The topological polar surface area (TPSA) is 61.0 Å². The predicted octanol–water partition coefficient (Wildman–Crippen LogP) is 1.72. The smallest absolute Gasteiger partial charge is 0.115 e. The molecule has 1 aromatic carbocycles. The number of hydrogen-bond donors (Lipinski definition) is 1. The van der Waals surface area contributed by atoms with Crippen LogP contribution in [-0.2, 0) is 11.2 Å². The van der Waals surface area contributed by atoms with Gasteiger partial charge in [-0.25, -0.2) is 9.97 Å². The van der Waals surface area contributed by atoms with Gasteiger partial charge in [0.25, 0.3) is 0 Å². The lowest BCUT2D eigenvalue weighted by Gasteiger charge is -2.26. The molecule has 92 valence electrons. The van der Waals surface area contributed by atoms with E-state index in [2.05, 4.69) is 22.1 Å². The summed E-state index contributed by atoms with van der Waals surface area (Å²) in [7, 11) is 0. The maximum atomic E-state index is 5.76. The molecule has 4 heteroatoms. The Morgan fingerprint density at radius 3 is 2.89 bits per heavy atom. The average molecular weight is 241 g/mol. The van der Waals surface area contributed by atoms with E-state index in [0.29, 0.717) is 6.54 Å². The summed E-state index contributed by atoms with van der Waals surface area (Å²) < 4.78 is 5.69. The normalized spacial score (nSPS) is 18.4. The van der Waals surface area contributed by atoms with Crippen LogP contribution in [0, 0.1) is 0 Å². The number of nitrogens with two attached hydrogens (primary N) is 1. The minimum absolute atomic E-state index is 0.0123. The molecule has 4 nitrogen and oxygen atoms in total. The monoisotopic (exact) mass is 241 g/mol. The van der Waals surface area contributed by atoms with Crippen LogP contribution in [-0.4, -0.2) is 23.1 Å². The molecule has 1 atom stereocenters. The van der Waals surface area contributed by atoms with E-state index in [1.807, 2.05) is 18.5 Å². The van der Waals surface area contributed by atoms with Crippen LogP contribution in [0.1, 0.15) is 17.2 Å². The van der Waals surface area contributed by atoms with Gasteiger partial charge in [0.2, 0.25) is 0 Å². The van der Waals surface area contributed by atoms with Gasteiger partial charge in [-0.15, -0.1) is 0 Å². The van der Waals surface area contributed by atoms with Crippen molar-refractivity contribution in [3.63, 3.8) is 0 Å². The first kappa shape index (κ1) is 11.3. The lowest BCUT2D eigenvalue weighted by atomic mass is 9.90. The zero-order chi connectivity index (χ0) is 12.4. The minimum atomic E-state index is 0.0123. The van der Waals surface area contributed by atoms with Crippen LogP contribution < -0.4 is 5.73 Å². The van der Waals surface area contributed by atoms with Gasteiger partial charge < -0.3 is 10.5 Å². The lowest BCUT2D eigenvalue weighted by Crippen LogP contribution is -2.23. The van der Waals surface area contributed by atoms with Crippen molar-refractivity contribution in [1.82, 2.24) is 9.97 Å². The highest BCUT2D eigenvalue weighted by Gasteiger charge is 2.22. The van der Waals surface area contributed by atoms with E-state index in [4.69, 9.17) is 10.5 Å². The molecular weight excluding hydrogens is 226 g/mol. The molecule has 0 radical (unpaired) electrons. The summed E-state index contributed by atoms with van der Waals surface area (Å²) in [5.41, 5.74) is 10.5. The molecule has 0 aliphatic carbocycles. The standard InChI is InChI=1S/C14H15N3O/c15-6-14-13-3-1-2-11(12(13)4-5-18-14)10-7-16-9-17-8-10/h1-3,7-9,14H,4-6,15H2. The van der Waals surface area contributed by atoms with Crippen molar-refractivity contribution in [2.75, 3.05) is 13.2 Å². The molecule has 0 spiro atoms. The van der Waals surface area contributed by atoms with Crippen molar-refractivity contribution >= 4 is 0 Å². The summed E-state index contributed by atoms with van der Waals surface area (Å²) >= 11 is 0. The van der Waals surface area contributed by atoms with Crippen LogP contribution in [0.5, 0.6) is 0 Å². The molecule has 0 amide bonds. The molecule has 0 bridgehead atoms. The number of aromatic nitrogens is 2. The third-order valence-electron chi connectivity index (χ3n) is 3.32. The number of fused-ring (bicyclic) bond motifs is 1. The molecule has 3 rings (SSSR count). The molecule has 1 aromatic heterocycles. The van der Waals surface area contributed by atoms with Gasteiger partial charge in [-0.3, -0.25) is 0 Å². The fourth-order valence-electron chi connectivity index (χ4n) is 2.48. The van der Waals surface area contributed by atoms with Crippen molar-refractivity contribution in [3.05, 3.63) is 48.0 Å². The van der Waals surface area contributed by atoms with E-state index < -0.39 is 0 Å². The second-order valence-corrected chi connectivity index (χ2v) is 4.35. The number of ether oxygens (including phenoxy) is 1. The van der Waals surface area contributed by atoms with Crippen molar-refractivity contribution in [3.8, 4) is 11.1 Å². The van der Waals surface area contributed by atoms with Crippen LogP contribution in [0.25, 0.3) is 11.1 Å². The van der Waals surface area contributed by atoms with Gasteiger partial charge in [-0.05, 0) is 23.1 Å². The maximum Gasteiger partial charge on any atom is 0.115 e. The van der Waals surface area contributed by atoms with E-state index in [0.717, 1.165) is 18.6 Å². The molecule has 1 aliphatic heterocycles. The number of rotatable bonds is 2. The molecule has 0 saturated heterocycles. The Balaban J connectivity index is 2.12. The van der Waals surface area contributed by atoms with Gasteiger partial charge in [0.05, 0.1) is 12.7 Å². The Hall–Kier alpha value is -1.78. The predicted molar refractivity (Wildman–Crippen MR) is 68.9 cm³/mol. The highest BCUT2D eigenvalue weighted by atomic mass is 16.5. The van der Waals surface area contributed by atoms with Gasteiger partial charge in [-0.1, -0.05) is 18.2 Å². The average Bonchev–Trinajstić information content (AvgIpc) is 2.47. The van der Waals surface area contributed by atoms with Crippen molar-refractivity contribution < 1.29 is 4.74 Å². The van der Waals surface area contributed by atoms with Crippen molar-refractivity contribution in [1.29, 1.82) is 0 Å². The molecular formula is C14H15N3O. The van der Waals surface area contributed by atoms with Crippen molar-refractivity contribution in [2.45, 2.75) is 12.5 Å². The fraction of sp³-hybridized carbons (Fsp3) is 0.286. The molecule has 1 unspecified atom stereocenters. The third kappa shape index (κ3) is 1.89. The van der Waals surface area contributed by atoms with E-state index in [1.54, 1.807) is 6.33 Å². The first-order valence-electron chi connectivity index (χ1n) is 6.09. The summed E-state index contributed by atoms with van der Waals surface area (Å²) in [6.07, 6.45) is 6.16. The second-order valence-electron chi connectivity index (χ2n) is 4.35. The van der Waals surface area contributed by atoms with Gasteiger partial charge in [-0.2, -0.15) is 0 Å². The summed E-state index contributed by atoms with van der Waals surface area (Å²) in [4.78, 5) is 8.16. The maximum absolute atomic E-state index is 5.76. The Morgan fingerprint density at radius 1 is 1.28 bits per heavy atom. The Morgan fingerprint density at radius 2 is 2.11 bits per heavy atom. The van der Waals surface area contributed by atoms with Gasteiger partial charge >= 0.3 is 0 Å². The quantitative estimate of drug-likeness (QED) is 0.869. The van der Waals surface area contributed by atoms with Crippen LogP contribution in [0.3, 0.4) is 0 Å².